The molecule has 2 aromatic rings. The van der Waals surface area contributed by atoms with Crippen LogP contribution in [0, 0.1) is 0 Å². The van der Waals surface area contributed by atoms with Gasteiger partial charge in [0.15, 0.2) is 0 Å². The molecule has 1 aliphatic heterocycles. The number of ether oxygens (including phenoxy) is 1. The second-order valence-electron chi connectivity index (χ2n) is 5.74. The minimum absolute atomic E-state index is 0.0226. The van der Waals surface area contributed by atoms with Gasteiger partial charge in [-0.3, -0.25) is 4.79 Å². The van der Waals surface area contributed by atoms with E-state index in [9.17, 15) is 4.79 Å². The summed E-state index contributed by atoms with van der Waals surface area (Å²) < 4.78 is 5.73. The molecular formula is C18H19ClN2O2. The van der Waals surface area contributed by atoms with Crippen LogP contribution in [0.5, 0.6) is 11.5 Å². The molecule has 2 aromatic carbocycles. The number of nitrogens with two attached hydrogens (primary N) is 1. The van der Waals surface area contributed by atoms with Crippen LogP contribution in [0.1, 0.15) is 23.2 Å². The monoisotopic (exact) mass is 330 g/mol. The number of piperidine rings is 1. The molecular weight excluding hydrogens is 312 g/mol. The molecule has 4 nitrogen and oxygen atoms in total. The van der Waals surface area contributed by atoms with Gasteiger partial charge in [-0.05, 0) is 55.3 Å². The van der Waals surface area contributed by atoms with Crippen molar-refractivity contribution in [2.24, 2.45) is 5.73 Å². The van der Waals surface area contributed by atoms with E-state index in [0.717, 1.165) is 19.4 Å². The zero-order valence-electron chi connectivity index (χ0n) is 12.7. The van der Waals surface area contributed by atoms with Gasteiger partial charge in [-0.1, -0.05) is 17.7 Å². The Bertz CT molecular complexity index is 688. The molecule has 0 bridgehead atoms. The summed E-state index contributed by atoms with van der Waals surface area (Å²) >= 11 is 5.94. The van der Waals surface area contributed by atoms with E-state index in [1.54, 1.807) is 36.4 Å². The molecule has 0 aromatic heterocycles. The van der Waals surface area contributed by atoms with E-state index in [1.807, 2.05) is 17.0 Å². The molecule has 2 N–H and O–H groups in total. The standard InChI is InChI=1S/C18H19ClN2O2/c19-14-3-1-5-17(11-14)23-16-8-6-13(7-9-16)18(22)21-10-2-4-15(20)12-21/h1,3,5-9,11,15H,2,4,10,12,20H2. The van der Waals surface area contributed by atoms with E-state index in [0.29, 0.717) is 28.6 Å². The SMILES string of the molecule is NC1CCCN(C(=O)c2ccc(Oc3cccc(Cl)c3)cc2)C1. The average molecular weight is 331 g/mol. The first-order valence-electron chi connectivity index (χ1n) is 7.70. The molecule has 0 spiro atoms. The first-order chi connectivity index (χ1) is 11.1. The molecule has 5 heteroatoms. The summed E-state index contributed by atoms with van der Waals surface area (Å²) in [5, 5.41) is 0.621. The summed E-state index contributed by atoms with van der Waals surface area (Å²) in [6.07, 6.45) is 1.94. The molecule has 1 heterocycles. The highest BCUT2D eigenvalue weighted by molar-refractivity contribution is 6.30. The fourth-order valence-corrected chi connectivity index (χ4v) is 2.89. The molecule has 23 heavy (non-hydrogen) atoms. The van der Waals surface area contributed by atoms with E-state index in [1.165, 1.54) is 0 Å². The van der Waals surface area contributed by atoms with Gasteiger partial charge < -0.3 is 15.4 Å². The largest absolute Gasteiger partial charge is 0.457 e. The summed E-state index contributed by atoms with van der Waals surface area (Å²) in [4.78, 5) is 14.3. The fourth-order valence-electron chi connectivity index (χ4n) is 2.71. The number of rotatable bonds is 3. The van der Waals surface area contributed by atoms with Gasteiger partial charge in [0.25, 0.3) is 5.91 Å². The van der Waals surface area contributed by atoms with Crippen molar-refractivity contribution in [3.63, 3.8) is 0 Å². The highest BCUT2D eigenvalue weighted by atomic mass is 35.5. The normalized spacial score (nSPS) is 17.8. The molecule has 0 saturated carbocycles. The smallest absolute Gasteiger partial charge is 0.253 e. The quantitative estimate of drug-likeness (QED) is 0.933. The van der Waals surface area contributed by atoms with Crippen LogP contribution in [-0.4, -0.2) is 29.9 Å². The maximum Gasteiger partial charge on any atom is 0.253 e. The predicted octanol–water partition coefficient (Wildman–Crippen LogP) is 3.70. The number of likely N-dealkylation sites (tertiary alicyclic amines) is 1. The van der Waals surface area contributed by atoms with Crippen LogP contribution in [0.15, 0.2) is 48.5 Å². The van der Waals surface area contributed by atoms with Gasteiger partial charge in [0.2, 0.25) is 0 Å². The molecule has 3 rings (SSSR count). The Morgan fingerprint density at radius 2 is 1.96 bits per heavy atom. The number of carbonyl (C=O) groups is 1. The summed E-state index contributed by atoms with van der Waals surface area (Å²) in [6, 6.07) is 14.4. The first-order valence-corrected chi connectivity index (χ1v) is 8.08. The van der Waals surface area contributed by atoms with Crippen molar-refractivity contribution in [3.8, 4) is 11.5 Å². The maximum absolute atomic E-state index is 12.5. The van der Waals surface area contributed by atoms with E-state index in [2.05, 4.69) is 0 Å². The Kier molecular flexibility index (Phi) is 4.84. The van der Waals surface area contributed by atoms with Gasteiger partial charge in [0, 0.05) is 29.7 Å². The Morgan fingerprint density at radius 3 is 2.65 bits per heavy atom. The van der Waals surface area contributed by atoms with Gasteiger partial charge >= 0.3 is 0 Å². The van der Waals surface area contributed by atoms with Crippen molar-refractivity contribution in [1.29, 1.82) is 0 Å². The molecule has 1 amide bonds. The first kappa shape index (κ1) is 15.8. The molecule has 0 radical (unpaired) electrons. The Morgan fingerprint density at radius 1 is 1.17 bits per heavy atom. The highest BCUT2D eigenvalue weighted by Gasteiger charge is 2.22. The van der Waals surface area contributed by atoms with Gasteiger partial charge in [0.05, 0.1) is 0 Å². The summed E-state index contributed by atoms with van der Waals surface area (Å²) in [5.41, 5.74) is 6.59. The Hall–Kier alpha value is -2.04. The van der Waals surface area contributed by atoms with Crippen LogP contribution in [0.25, 0.3) is 0 Å². The lowest BCUT2D eigenvalue weighted by Gasteiger charge is -2.30. The molecule has 1 saturated heterocycles. The molecule has 0 aliphatic carbocycles. The minimum Gasteiger partial charge on any atom is -0.457 e. The predicted molar refractivity (Wildman–Crippen MR) is 91.1 cm³/mol. The highest BCUT2D eigenvalue weighted by Crippen LogP contribution is 2.24. The van der Waals surface area contributed by atoms with E-state index in [-0.39, 0.29) is 11.9 Å². The molecule has 1 aliphatic rings. The van der Waals surface area contributed by atoms with Crippen LogP contribution in [-0.2, 0) is 0 Å². The van der Waals surface area contributed by atoms with Crippen molar-refractivity contribution in [2.75, 3.05) is 13.1 Å². The second kappa shape index (κ2) is 7.02. The minimum atomic E-state index is 0.0226. The lowest BCUT2D eigenvalue weighted by Crippen LogP contribution is -2.45. The number of nitrogens with zero attached hydrogens (tertiary/aromatic N) is 1. The zero-order chi connectivity index (χ0) is 16.2. The van der Waals surface area contributed by atoms with E-state index in [4.69, 9.17) is 22.1 Å². The number of amides is 1. The Labute approximate surface area is 140 Å². The van der Waals surface area contributed by atoms with Gasteiger partial charge in [-0.15, -0.1) is 0 Å². The molecule has 1 unspecified atom stereocenters. The van der Waals surface area contributed by atoms with Crippen molar-refractivity contribution < 1.29 is 9.53 Å². The van der Waals surface area contributed by atoms with Crippen LogP contribution in [0.2, 0.25) is 5.02 Å². The summed E-state index contributed by atoms with van der Waals surface area (Å²) in [7, 11) is 0. The van der Waals surface area contributed by atoms with Gasteiger partial charge in [-0.2, -0.15) is 0 Å². The number of benzene rings is 2. The van der Waals surface area contributed by atoms with E-state index >= 15 is 0 Å². The van der Waals surface area contributed by atoms with Crippen molar-refractivity contribution in [3.05, 3.63) is 59.1 Å². The summed E-state index contributed by atoms with van der Waals surface area (Å²) in [5.74, 6) is 1.35. The van der Waals surface area contributed by atoms with Crippen LogP contribution >= 0.6 is 11.6 Å². The van der Waals surface area contributed by atoms with Gasteiger partial charge in [0.1, 0.15) is 11.5 Å². The molecule has 120 valence electrons. The number of carbonyl (C=O) groups excluding carboxylic acids is 1. The summed E-state index contributed by atoms with van der Waals surface area (Å²) in [6.45, 7) is 1.40. The third-order valence-electron chi connectivity index (χ3n) is 3.88. The molecule has 1 fully saturated rings. The number of halogens is 1. The zero-order valence-corrected chi connectivity index (χ0v) is 13.5. The maximum atomic E-state index is 12.5. The van der Waals surface area contributed by atoms with Crippen LogP contribution < -0.4 is 10.5 Å². The lowest BCUT2D eigenvalue weighted by atomic mass is 10.1. The Balaban J connectivity index is 1.68. The second-order valence-corrected chi connectivity index (χ2v) is 6.17. The number of hydrogen-bond acceptors (Lipinski definition) is 3. The third-order valence-corrected chi connectivity index (χ3v) is 4.11. The van der Waals surface area contributed by atoms with E-state index < -0.39 is 0 Å². The topological polar surface area (TPSA) is 55.6 Å². The van der Waals surface area contributed by atoms with Crippen molar-refractivity contribution in [2.45, 2.75) is 18.9 Å². The fraction of sp³-hybridized carbons (Fsp3) is 0.278. The third kappa shape index (κ3) is 4.03. The van der Waals surface area contributed by atoms with Crippen molar-refractivity contribution >= 4 is 17.5 Å². The van der Waals surface area contributed by atoms with Crippen LogP contribution in [0.3, 0.4) is 0 Å². The molecule has 1 atom stereocenters. The van der Waals surface area contributed by atoms with Crippen LogP contribution in [0.4, 0.5) is 0 Å². The van der Waals surface area contributed by atoms with Gasteiger partial charge in [-0.25, -0.2) is 0 Å². The lowest BCUT2D eigenvalue weighted by molar-refractivity contribution is 0.0709. The average Bonchev–Trinajstić information content (AvgIpc) is 2.55. The number of hydrogen-bond donors (Lipinski definition) is 1. The van der Waals surface area contributed by atoms with Crippen molar-refractivity contribution in [1.82, 2.24) is 4.90 Å².